The second-order valence-electron chi connectivity index (χ2n) is 34.2. The minimum atomic E-state index is -3.45. The van der Waals surface area contributed by atoms with Gasteiger partial charge in [0, 0.05) is 121 Å². The van der Waals surface area contributed by atoms with E-state index in [4.69, 9.17) is 65.2 Å². The van der Waals surface area contributed by atoms with Crippen molar-refractivity contribution in [3.05, 3.63) is 141 Å². The number of hydrogen-bond donors (Lipinski definition) is 16. The van der Waals surface area contributed by atoms with Crippen LogP contribution < -0.4 is 21.3 Å². The van der Waals surface area contributed by atoms with E-state index >= 15 is 0 Å². The molecule has 8 saturated carbocycles. The highest BCUT2D eigenvalue weighted by Gasteiger charge is 2.51. The first-order valence-electron chi connectivity index (χ1n) is 60.3. The Kier molecular flexibility index (Phi) is 24.2. The fourth-order valence-corrected chi connectivity index (χ4v) is 18.9. The lowest BCUT2D eigenvalue weighted by Crippen LogP contribution is -2.33. The average Bonchev–Trinajstić information content (AvgIpc) is 1.47. The molecule has 144 heavy (non-hydrogen) atoms. The zero-order valence-electron chi connectivity index (χ0n) is 108. The Morgan fingerprint density at radius 1 is 0.368 bits per heavy atom. The molecule has 24 atom stereocenters. The Morgan fingerprint density at radius 2 is 0.667 bits per heavy atom. The summed E-state index contributed by atoms with van der Waals surface area (Å²) in [6.07, 6.45) is -26.3. The number of aromatic nitrogens is 20. The molecular weight excluding hydrogens is 1950 g/mol. The molecule has 8 heterocycles. The number of aliphatic hydroxyl groups is 12. The predicted molar refractivity (Wildman–Crippen MR) is 530 cm³/mol. The number of aliphatic hydroxyl groups excluding tert-OH is 10. The van der Waals surface area contributed by atoms with Gasteiger partial charge in [-0.1, -0.05) is 144 Å². The number of anilines is 4. The lowest BCUT2D eigenvalue weighted by molar-refractivity contribution is -0.0629. The van der Waals surface area contributed by atoms with Crippen LogP contribution in [-0.4, -0.2) is 334 Å². The van der Waals surface area contributed by atoms with Crippen molar-refractivity contribution in [1.82, 2.24) is 99.8 Å². The summed E-state index contributed by atoms with van der Waals surface area (Å²) in [6, 6.07) is 5.04. The van der Waals surface area contributed by atoms with E-state index in [0.29, 0.717) is 63.3 Å². The first-order valence-corrected chi connectivity index (χ1v) is 48.7. The minimum Gasteiger partial charge on any atom is -0.394 e. The number of benzene rings is 4. The summed E-state index contributed by atoms with van der Waals surface area (Å²) in [5.41, 5.74) is -5.76. The van der Waals surface area contributed by atoms with E-state index in [1.54, 1.807) is 39.8 Å². The minimum absolute atomic E-state index is 0.00891. The van der Waals surface area contributed by atoms with Gasteiger partial charge in [0.05, 0.1) is 118 Å². The van der Waals surface area contributed by atoms with Crippen molar-refractivity contribution in [3.63, 3.8) is 0 Å². The van der Waals surface area contributed by atoms with Crippen LogP contribution in [0, 0.1) is 51.0 Å². The number of nitrogens with one attached hydrogen (secondary N) is 4. The number of nitrogens with zero attached hydrogens (tertiary/aromatic N) is 20. The van der Waals surface area contributed by atoms with Gasteiger partial charge in [0.2, 0.25) is 0 Å². The van der Waals surface area contributed by atoms with Crippen LogP contribution in [0.15, 0.2) is 93.4 Å². The second kappa shape index (κ2) is 47.3. The van der Waals surface area contributed by atoms with Crippen molar-refractivity contribution >= 4 is 115 Å². The number of fused-ring (bicyclic) bond motifs is 4. The Hall–Kier alpha value is -9.52. The second-order valence-corrected chi connectivity index (χ2v) is 37.6. The van der Waals surface area contributed by atoms with Crippen molar-refractivity contribution in [2.24, 2.45) is 0 Å². The normalized spacial score (nSPS) is 36.1. The fraction of sp³-hybridized carbons (Fsp3) is 0.583. The standard InChI is InChI=1S/4C24H31FN6O4S/c4*1-3-8-36-24-27-22(26-16-10-14(16)13-5-4-12(2)15(25)9-13)19-23(28-24)31(30-29-19)17-11-18(35-7-6-32)21(34)20(17)33/h4*4-5,9,14,16-18,20-21,32-34H,3,6-8,10-11H2,1-2H3,(H,26,27,28)/t4*14-,16+,17+,18-,20-,21+/m0000/s1/i3D2,6D2,7D2,8D2,14D,16D;3D2,7D2,8D2,14D,16D;3D2,6D2,8D2,14D,16D;10D2,14D,16D. The maximum absolute atomic E-state index is 14.4. The average molecular weight is 2100 g/mol. The molecule has 16 N–H and O–H groups in total. The maximum Gasteiger partial charge on any atom is 0.191 e. The molecule has 0 spiro atoms. The van der Waals surface area contributed by atoms with Gasteiger partial charge in [0.25, 0.3) is 0 Å². The smallest absolute Gasteiger partial charge is 0.191 e. The van der Waals surface area contributed by atoms with E-state index in [1.165, 1.54) is 71.0 Å². The Balaban J connectivity index is 0.000000154. The highest BCUT2D eigenvalue weighted by Crippen LogP contribution is 2.50. The monoisotopic (exact) mass is 2100 g/mol. The van der Waals surface area contributed by atoms with Crippen LogP contribution in [-0.2, 0) is 18.9 Å². The molecule has 8 aliphatic rings. The van der Waals surface area contributed by atoms with Gasteiger partial charge in [0.15, 0.2) is 88.6 Å². The van der Waals surface area contributed by atoms with Crippen LogP contribution in [0.1, 0.15) is 238 Å². The lowest BCUT2D eigenvalue weighted by Gasteiger charge is -2.17. The van der Waals surface area contributed by atoms with Gasteiger partial charge in [-0.3, -0.25) is 0 Å². The molecule has 20 rings (SSSR count). The fourth-order valence-electron chi connectivity index (χ4n) is 16.8. The van der Waals surface area contributed by atoms with Crippen LogP contribution in [0.5, 0.6) is 0 Å². The molecule has 8 aliphatic carbocycles. The molecule has 8 aromatic heterocycles. The Labute approximate surface area is 885 Å². The third-order valence-electron chi connectivity index (χ3n) is 24.7. The van der Waals surface area contributed by atoms with Crippen molar-refractivity contribution in [3.8, 4) is 0 Å². The molecule has 0 amide bonds. The van der Waals surface area contributed by atoms with Crippen LogP contribution in [0.25, 0.3) is 44.7 Å². The van der Waals surface area contributed by atoms with Crippen LogP contribution >= 0.6 is 47.0 Å². The van der Waals surface area contributed by atoms with Gasteiger partial charge in [-0.2, -0.15) is 0 Å². The lowest BCUT2D eigenvalue weighted by atomic mass is 10.1. The summed E-state index contributed by atoms with van der Waals surface area (Å²) >= 11 is 2.34. The summed E-state index contributed by atoms with van der Waals surface area (Å²) in [6.45, 7) is -2.60. The van der Waals surface area contributed by atoms with E-state index in [0.717, 1.165) is 47.3 Å². The number of ether oxygens (including phenoxy) is 4. The third-order valence-corrected chi connectivity index (χ3v) is 27.7. The molecule has 48 heteroatoms. The number of aryl methyl sites for hydroxylation is 4. The summed E-state index contributed by atoms with van der Waals surface area (Å²) in [5, 5.41) is 166. The number of thioether (sulfide) groups is 4. The molecule has 0 aliphatic heterocycles. The molecular formula is C96H124F4N24O16S4. The quantitative estimate of drug-likeness (QED) is 0.00969. The molecule has 0 bridgehead atoms. The first kappa shape index (κ1) is 73.6. The number of hydrogen-bond acceptors (Lipinski definition) is 40. The highest BCUT2D eigenvalue weighted by molar-refractivity contribution is 7.99. The summed E-state index contributed by atoms with van der Waals surface area (Å²) in [5.74, 6) is -9.05. The SMILES string of the molecule is [2H]C([2H])(C)C([2H])([2H])Sc1nc(N[C@]2([2H])C[C@@]2([2H])c2ccc(C)c(F)c2)c2nnn([C@@H]3C[C@H](OC([2H])([2H])C([2H])([2H])O)[C@@H](O)[C@H]3O)c2n1.[2H]C([2H])(CO)O[C@H]1C[C@@H](n2nnc3c(N[C@]4([2H])C[C@@]4([2H])c4ccc(C)c(F)c4)nc(SC([2H])([2H])C([2H])([2H])C)nc32)[C@H](O)[C@@H]1O.[2H]C([2H])(O)CO[C@H]1C[C@@H](n2nnc3c(N[C@]4([2H])C[C@@]4([2H])c4ccc(C)c(F)c4)nc(SC([2H])([2H])C([2H])([2H])C)nc32)[C@H](O)[C@@H]1O.[2H]C1([2H])[C@@]([2H])(Nc2nc(SCCC)nc3c2nnn3[C@@H]2C[C@H](OCCO)[C@@H](O)[C@H]2O)[C@]1([2H])c1ccc(C)c(F)c1. The van der Waals surface area contributed by atoms with E-state index in [-0.39, 0.29) is 169 Å². The summed E-state index contributed by atoms with van der Waals surface area (Å²) in [7, 11) is 0. The maximum atomic E-state index is 14.4. The zero-order chi connectivity index (χ0) is 129. The molecule has 0 radical (unpaired) electrons. The third kappa shape index (κ3) is 23.8. The molecule has 4 aromatic carbocycles. The van der Waals surface area contributed by atoms with Crippen molar-refractivity contribution in [2.45, 2.75) is 298 Å². The zero-order valence-corrected chi connectivity index (χ0v) is 81.2. The summed E-state index contributed by atoms with van der Waals surface area (Å²) < 4.78 is 328. The van der Waals surface area contributed by atoms with Crippen LogP contribution in [0.3, 0.4) is 0 Å². The molecule has 12 aromatic rings. The molecule has 0 saturated heterocycles. The van der Waals surface area contributed by atoms with Crippen molar-refractivity contribution in [1.29, 1.82) is 0 Å². The van der Waals surface area contributed by atoms with E-state index in [1.807, 2.05) is 6.92 Å². The van der Waals surface area contributed by atoms with Crippen LogP contribution in [0.4, 0.5) is 40.8 Å². The summed E-state index contributed by atoms with van der Waals surface area (Å²) in [4.78, 5) is 34.8. The van der Waals surface area contributed by atoms with Gasteiger partial charge in [-0.25, -0.2) is 76.2 Å². The van der Waals surface area contributed by atoms with E-state index < -0.39 is 250 Å². The number of halogens is 4. The topological polar surface area (TPSA) is 554 Å². The van der Waals surface area contributed by atoms with Gasteiger partial charge in [-0.15, -0.1) is 20.4 Å². The van der Waals surface area contributed by atoms with Gasteiger partial charge in [-0.05, 0) is 148 Å². The first-order chi connectivity index (χ1) is 80.2. The van der Waals surface area contributed by atoms with Crippen molar-refractivity contribution < 1.29 is 139 Å². The number of rotatable bonds is 40. The molecule has 40 nitrogen and oxygen atoms in total. The predicted octanol–water partition coefficient (Wildman–Crippen LogP) is 8.73. The van der Waals surface area contributed by atoms with E-state index in [2.05, 4.69) is 102 Å². The molecule has 776 valence electrons. The van der Waals surface area contributed by atoms with Crippen molar-refractivity contribution in [2.75, 3.05) is 96.8 Å². The largest absolute Gasteiger partial charge is 0.394 e. The Morgan fingerprint density at radius 3 is 0.958 bits per heavy atom. The van der Waals surface area contributed by atoms with E-state index in [9.17, 15) is 73.7 Å². The van der Waals surface area contributed by atoms with Gasteiger partial charge in [0.1, 0.15) is 72.1 Å². The van der Waals surface area contributed by atoms with Crippen LogP contribution in [0.2, 0.25) is 0 Å². The highest BCUT2D eigenvalue weighted by atomic mass is 32.2. The van der Waals surface area contributed by atoms with Gasteiger partial charge >= 0.3 is 0 Å². The molecule has 8 fully saturated rings. The molecule has 0 unspecified atom stereocenters. The van der Waals surface area contributed by atoms with Gasteiger partial charge < -0.3 is 101 Å². The Bertz CT molecular complexity index is 8060.